The molecule has 0 spiro atoms. The van der Waals surface area contributed by atoms with E-state index in [0.29, 0.717) is 104 Å². The Morgan fingerprint density at radius 3 is 1.25 bits per heavy atom. The molecule has 0 radical (unpaired) electrons. The average Bonchev–Trinajstić information content (AvgIpc) is 0.716. The van der Waals surface area contributed by atoms with Gasteiger partial charge in [0.2, 0.25) is 5.91 Å². The van der Waals surface area contributed by atoms with Gasteiger partial charge >= 0.3 is 0 Å². The average molecular weight is 1640 g/mol. The molecule has 12 aromatic rings. The standard InChI is InChI=1S/C20H22ClNO3.C20H20ClNO2.C19H18ClNO2.C18H19ClO2.C17H18ClNO2/c1-10-8-16-18(12(3)11(10)2)20(24,13(4)19(23)22-16)15-9-14(21)6-7-17(15)25-5;1-10-8-16-19(12(3)11(10)2)18(13(4)20(23)22-16)15-9-14(21)6-7-17(15)24-5;1-9-7-15-18(11(3)10(9)2)17(12(4)19(23)21-15)14-8-13(20)5-6-16(14)22;1-10-8-11(2)17(13(4)12(10)3)18(20)15-9-14(19)6-7-16(15)21-5;1-9-7-14(19)16(11(3)10(9)2)17(20)13-8-12(18)5-6-15(13)21-4/h6-9,13,24H,1-5H3,(H,22,23);6-9H,1-5H3,(H,22,23);5-8,22H,1-4H3,(H,21,23);6-9H,1-5H3;5-8H,19H2,1-4H3. The maximum Gasteiger partial charge on any atom is 0.251 e. The lowest BCUT2D eigenvalue weighted by Gasteiger charge is -2.41. The molecule has 1 aliphatic rings. The van der Waals surface area contributed by atoms with Crippen molar-refractivity contribution in [2.24, 2.45) is 5.92 Å². The van der Waals surface area contributed by atoms with E-state index in [-0.39, 0.29) is 34.3 Å². The number of carbonyl (C=O) groups is 3. The maximum atomic E-state index is 12.9. The molecule has 114 heavy (non-hydrogen) atoms. The summed E-state index contributed by atoms with van der Waals surface area (Å²) in [6.45, 7) is 37.6. The third kappa shape index (κ3) is 17.2. The van der Waals surface area contributed by atoms with Gasteiger partial charge in [-0.15, -0.1) is 0 Å². The zero-order valence-corrected chi connectivity index (χ0v) is 72.4. The van der Waals surface area contributed by atoms with Gasteiger partial charge in [0, 0.05) is 114 Å². The lowest BCUT2D eigenvalue weighted by atomic mass is 9.70. The summed E-state index contributed by atoms with van der Waals surface area (Å²) in [6, 6.07) is 35.3. The highest BCUT2D eigenvalue weighted by Crippen LogP contribution is 2.51. The summed E-state index contributed by atoms with van der Waals surface area (Å²) in [5, 5.41) is 29.7. The number of halogens is 5. The van der Waals surface area contributed by atoms with Crippen molar-refractivity contribution in [1.82, 2.24) is 9.97 Å². The van der Waals surface area contributed by atoms with Crippen molar-refractivity contribution < 1.29 is 43.5 Å². The van der Waals surface area contributed by atoms with Crippen molar-refractivity contribution in [3.05, 3.63) is 301 Å². The summed E-state index contributed by atoms with van der Waals surface area (Å²) in [4.78, 5) is 69.2. The Balaban J connectivity index is 0.000000163. The number of aliphatic hydroxyl groups is 1. The van der Waals surface area contributed by atoms with Gasteiger partial charge in [0.15, 0.2) is 11.6 Å². The van der Waals surface area contributed by atoms with Crippen LogP contribution in [0.25, 0.3) is 44.1 Å². The van der Waals surface area contributed by atoms with Crippen molar-refractivity contribution in [1.29, 1.82) is 0 Å². The maximum absolute atomic E-state index is 12.9. The Labute approximate surface area is 691 Å². The summed E-state index contributed by atoms with van der Waals surface area (Å²) in [5.41, 5.74) is 32.0. The zero-order valence-electron chi connectivity index (χ0n) is 68.7. The SMILES string of the molecule is COc1ccc(Cl)cc1-c1c(C)c(=O)[nH]c2cc(C)c(C)c(C)c12.COc1ccc(Cl)cc1C(=O)c1c(C)cc(C)c(C)c1C.COc1ccc(Cl)cc1C(=O)c1c(N)cc(C)c(C)c1C.COc1ccc(Cl)cc1C1(O)c2c(cc(C)c(C)c2C)NC(=O)C1C.Cc1cc2[nH]c(=O)c(C)c(-c3cc(Cl)ccc3O)c2c(C)c1C. The molecule has 0 fully saturated rings. The number of aromatic hydroxyl groups is 1. The Morgan fingerprint density at radius 1 is 0.404 bits per heavy atom. The van der Waals surface area contributed by atoms with E-state index in [1.807, 2.05) is 126 Å². The molecule has 10 aromatic carbocycles. The third-order valence-electron chi connectivity index (χ3n) is 22.6. The van der Waals surface area contributed by atoms with E-state index in [0.717, 1.165) is 116 Å². The lowest BCUT2D eigenvalue weighted by Crippen LogP contribution is -2.47. The monoisotopic (exact) mass is 1630 g/mol. The first-order valence-corrected chi connectivity index (χ1v) is 38.8. The second-order valence-corrected chi connectivity index (χ2v) is 31.4. The van der Waals surface area contributed by atoms with Crippen LogP contribution in [0.15, 0.2) is 131 Å². The second-order valence-electron chi connectivity index (χ2n) is 29.2. The number of hydrogen-bond donors (Lipinski definition) is 6. The molecule has 13 rings (SSSR count). The first-order chi connectivity index (χ1) is 53.6. The van der Waals surface area contributed by atoms with Gasteiger partial charge in [-0.3, -0.25) is 24.0 Å². The molecule has 0 saturated carbocycles. The first-order valence-electron chi connectivity index (χ1n) is 36.9. The number of nitrogens with one attached hydrogen (secondary N) is 3. The van der Waals surface area contributed by atoms with Gasteiger partial charge in [-0.05, 0) is 329 Å². The predicted octanol–water partition coefficient (Wildman–Crippen LogP) is 22.9. The van der Waals surface area contributed by atoms with Crippen molar-refractivity contribution in [2.45, 2.75) is 137 Å². The number of nitrogens with two attached hydrogens (primary N) is 1. The quantitative estimate of drug-likeness (QED) is 0.0524. The second kappa shape index (κ2) is 35.6. The molecule has 3 heterocycles. The van der Waals surface area contributed by atoms with Crippen molar-refractivity contribution in [3.63, 3.8) is 0 Å². The van der Waals surface area contributed by atoms with Gasteiger partial charge in [0.1, 0.15) is 34.3 Å². The number of ether oxygens (including phenoxy) is 4. The number of aryl methyl sites for hydroxylation is 8. The van der Waals surface area contributed by atoms with Gasteiger partial charge in [-0.2, -0.15) is 0 Å². The number of fused-ring (bicyclic) bond motifs is 3. The summed E-state index contributed by atoms with van der Waals surface area (Å²) < 4.78 is 21.5. The number of pyridine rings is 2. The van der Waals surface area contributed by atoms with E-state index in [9.17, 15) is 34.2 Å². The van der Waals surface area contributed by atoms with E-state index in [4.69, 9.17) is 82.7 Å². The smallest absolute Gasteiger partial charge is 0.251 e. The van der Waals surface area contributed by atoms with Crippen LogP contribution in [0.4, 0.5) is 11.4 Å². The van der Waals surface area contributed by atoms with Crippen LogP contribution in [0, 0.1) is 131 Å². The van der Waals surface area contributed by atoms with E-state index < -0.39 is 11.5 Å². The zero-order chi connectivity index (χ0) is 84.5. The number of anilines is 2. The number of hydrogen-bond acceptors (Lipinski definition) is 12. The van der Waals surface area contributed by atoms with Gasteiger partial charge in [-0.1, -0.05) is 71.0 Å². The van der Waals surface area contributed by atoms with Crippen molar-refractivity contribution >= 4 is 109 Å². The van der Waals surface area contributed by atoms with Crippen molar-refractivity contribution in [2.75, 3.05) is 39.5 Å². The van der Waals surface area contributed by atoms with Crippen LogP contribution in [0.1, 0.15) is 150 Å². The molecule has 0 saturated heterocycles. The van der Waals surface area contributed by atoms with Gasteiger partial charge in [0.25, 0.3) is 11.1 Å². The van der Waals surface area contributed by atoms with Crippen LogP contribution < -0.4 is 41.1 Å². The van der Waals surface area contributed by atoms with E-state index in [2.05, 4.69) is 49.9 Å². The summed E-state index contributed by atoms with van der Waals surface area (Å²) >= 11 is 30.6. The lowest BCUT2D eigenvalue weighted by molar-refractivity contribution is -0.127. The topological polar surface area (TPSA) is 232 Å². The predicted molar refractivity (Wildman–Crippen MR) is 469 cm³/mol. The minimum Gasteiger partial charge on any atom is -0.507 e. The molecule has 2 unspecified atom stereocenters. The number of ketones is 2. The Kier molecular flexibility index (Phi) is 27.3. The molecule has 0 aliphatic carbocycles. The number of methoxy groups -OCH3 is 4. The number of aromatic nitrogens is 2. The summed E-state index contributed by atoms with van der Waals surface area (Å²) in [7, 11) is 6.24. The normalized spacial score (nSPS) is 13.4. The number of nitrogen functional groups attached to an aromatic ring is 1. The van der Waals surface area contributed by atoms with Crippen LogP contribution in [0.3, 0.4) is 0 Å². The number of aromatic amines is 2. The van der Waals surface area contributed by atoms with Crippen LogP contribution in [0.2, 0.25) is 25.1 Å². The van der Waals surface area contributed by atoms with Crippen LogP contribution in [-0.2, 0) is 10.4 Å². The number of H-pyrrole nitrogens is 2. The largest absolute Gasteiger partial charge is 0.507 e. The minimum absolute atomic E-state index is 0.0487. The van der Waals surface area contributed by atoms with E-state index in [1.54, 1.807) is 107 Å². The first kappa shape index (κ1) is 87.6. The molecular weight excluding hydrogens is 1540 g/mol. The highest BCUT2D eigenvalue weighted by molar-refractivity contribution is 6.33. The van der Waals surface area contributed by atoms with E-state index >= 15 is 0 Å². The Bertz CT molecular complexity index is 5890. The fourth-order valence-corrected chi connectivity index (χ4v) is 15.9. The number of phenols is 1. The number of amides is 1. The summed E-state index contributed by atoms with van der Waals surface area (Å²) in [6.07, 6.45) is 0. The fraction of sp³-hybridized carbons (Fsp3) is 0.266. The molecule has 7 N–H and O–H groups in total. The van der Waals surface area contributed by atoms with Crippen LogP contribution in [-0.4, -0.2) is 66.1 Å². The number of phenolic OH excluding ortho intramolecular Hbond substituents is 1. The number of rotatable bonds is 11. The molecule has 2 atom stereocenters. The fourth-order valence-electron chi connectivity index (χ4n) is 15.0. The van der Waals surface area contributed by atoms with E-state index in [1.165, 1.54) is 30.9 Å². The molecular formula is C94H97Cl5N4O11. The molecule has 1 aliphatic heterocycles. The third-order valence-corrected chi connectivity index (χ3v) is 23.8. The molecule has 594 valence electrons. The van der Waals surface area contributed by atoms with Gasteiger partial charge in [0.05, 0.1) is 45.5 Å². The molecule has 15 nitrogen and oxygen atoms in total. The van der Waals surface area contributed by atoms with Gasteiger partial charge < -0.3 is 50.2 Å². The Morgan fingerprint density at radius 2 is 0.772 bits per heavy atom. The molecule has 1 amide bonds. The van der Waals surface area contributed by atoms with Gasteiger partial charge in [-0.25, -0.2) is 0 Å². The highest BCUT2D eigenvalue weighted by Gasteiger charge is 2.49. The van der Waals surface area contributed by atoms with Crippen LogP contribution in [0.5, 0.6) is 28.7 Å². The van der Waals surface area contributed by atoms with Crippen molar-refractivity contribution in [3.8, 4) is 51.0 Å². The number of carbonyl (C=O) groups excluding carboxylic acids is 3. The molecule has 20 heteroatoms. The number of benzene rings is 10. The molecule has 0 bridgehead atoms. The Hall–Kier alpha value is -10.4. The highest BCUT2D eigenvalue weighted by atomic mass is 35.5. The minimum atomic E-state index is -1.53. The summed E-state index contributed by atoms with van der Waals surface area (Å²) in [5.74, 6) is 1.18. The molecule has 2 aromatic heterocycles. The van der Waals surface area contributed by atoms with Crippen LogP contribution >= 0.6 is 58.0 Å².